The summed E-state index contributed by atoms with van der Waals surface area (Å²) >= 11 is 2.45. The van der Waals surface area contributed by atoms with Crippen LogP contribution in [0.5, 0.6) is 0 Å². The van der Waals surface area contributed by atoms with E-state index >= 15 is 0 Å². The Labute approximate surface area is 89.5 Å². The molecule has 0 aromatic carbocycles. The molecule has 0 saturated carbocycles. The SMILES string of the molecule is CCN(CCO)CCC[C@@H](C)I. The molecule has 74 valence electrons. The average Bonchev–Trinajstić information content (AvgIpc) is 2.02. The molecule has 0 heterocycles. The van der Waals surface area contributed by atoms with Crippen LogP contribution < -0.4 is 0 Å². The van der Waals surface area contributed by atoms with Gasteiger partial charge in [-0.1, -0.05) is 36.4 Å². The highest BCUT2D eigenvalue weighted by Crippen LogP contribution is 2.07. The van der Waals surface area contributed by atoms with E-state index in [1.165, 1.54) is 12.8 Å². The first-order valence-electron chi connectivity index (χ1n) is 4.68. The molecule has 0 unspecified atom stereocenters. The van der Waals surface area contributed by atoms with Crippen LogP contribution in [0, 0.1) is 0 Å². The molecule has 1 atom stereocenters. The highest BCUT2D eigenvalue weighted by Gasteiger charge is 2.01. The maximum atomic E-state index is 8.73. The number of likely N-dealkylation sites (N-methyl/N-ethyl adjacent to an activating group) is 1. The number of alkyl halides is 1. The lowest BCUT2D eigenvalue weighted by Gasteiger charge is -2.18. The predicted molar refractivity (Wildman–Crippen MR) is 61.9 cm³/mol. The van der Waals surface area contributed by atoms with E-state index in [4.69, 9.17) is 5.11 Å². The van der Waals surface area contributed by atoms with Crippen molar-refractivity contribution in [3.8, 4) is 0 Å². The number of rotatable bonds is 7. The zero-order valence-electron chi connectivity index (χ0n) is 8.09. The smallest absolute Gasteiger partial charge is 0.0558 e. The van der Waals surface area contributed by atoms with Crippen molar-refractivity contribution in [2.75, 3.05) is 26.2 Å². The van der Waals surface area contributed by atoms with E-state index < -0.39 is 0 Å². The average molecular weight is 285 g/mol. The molecule has 2 nitrogen and oxygen atoms in total. The van der Waals surface area contributed by atoms with Gasteiger partial charge in [-0.25, -0.2) is 0 Å². The standard InChI is InChI=1S/C9H20INO/c1-3-11(7-8-12)6-4-5-9(2)10/h9,12H,3-8H2,1-2H3/t9-/m1/s1. The number of nitrogens with zero attached hydrogens (tertiary/aromatic N) is 1. The first kappa shape index (κ1) is 12.7. The highest BCUT2D eigenvalue weighted by molar-refractivity contribution is 14.1. The molecule has 12 heavy (non-hydrogen) atoms. The Hall–Kier alpha value is 0.650. The van der Waals surface area contributed by atoms with Crippen LogP contribution in [0.2, 0.25) is 0 Å². The molecule has 1 N–H and O–H groups in total. The number of aliphatic hydroxyl groups excluding tert-OH is 1. The number of hydrogen-bond donors (Lipinski definition) is 1. The van der Waals surface area contributed by atoms with Crippen molar-refractivity contribution in [3.05, 3.63) is 0 Å². The molecule has 3 heteroatoms. The van der Waals surface area contributed by atoms with Crippen molar-refractivity contribution < 1.29 is 5.11 Å². The Bertz CT molecular complexity index is 98.5. The van der Waals surface area contributed by atoms with Gasteiger partial charge in [-0.2, -0.15) is 0 Å². The van der Waals surface area contributed by atoms with Gasteiger partial charge in [-0.15, -0.1) is 0 Å². The van der Waals surface area contributed by atoms with Crippen molar-refractivity contribution in [3.63, 3.8) is 0 Å². The third-order valence-electron chi connectivity index (χ3n) is 1.94. The van der Waals surface area contributed by atoms with Gasteiger partial charge >= 0.3 is 0 Å². The van der Waals surface area contributed by atoms with Gasteiger partial charge in [-0.3, -0.25) is 0 Å². The lowest BCUT2D eigenvalue weighted by atomic mass is 10.2. The minimum absolute atomic E-state index is 0.285. The molecule has 0 aromatic rings. The van der Waals surface area contributed by atoms with Crippen LogP contribution in [0.1, 0.15) is 26.7 Å². The number of aliphatic hydroxyl groups is 1. The maximum Gasteiger partial charge on any atom is 0.0558 e. The largest absolute Gasteiger partial charge is 0.395 e. The van der Waals surface area contributed by atoms with E-state index in [0.29, 0.717) is 0 Å². The zero-order valence-corrected chi connectivity index (χ0v) is 10.2. The summed E-state index contributed by atoms with van der Waals surface area (Å²) in [5.41, 5.74) is 0. The molecule has 0 radical (unpaired) electrons. The third kappa shape index (κ3) is 7.31. The fourth-order valence-corrected chi connectivity index (χ4v) is 1.61. The summed E-state index contributed by atoms with van der Waals surface area (Å²) in [5, 5.41) is 8.73. The highest BCUT2D eigenvalue weighted by atomic mass is 127. The molecule has 0 spiro atoms. The molecule has 0 bridgehead atoms. The molecule has 0 saturated heterocycles. The normalized spacial score (nSPS) is 13.8. The summed E-state index contributed by atoms with van der Waals surface area (Å²) in [6, 6.07) is 0. The first-order chi connectivity index (χ1) is 5.70. The minimum atomic E-state index is 0.285. The van der Waals surface area contributed by atoms with Crippen LogP contribution >= 0.6 is 22.6 Å². The van der Waals surface area contributed by atoms with Gasteiger partial charge in [0, 0.05) is 10.5 Å². The van der Waals surface area contributed by atoms with E-state index in [9.17, 15) is 0 Å². The van der Waals surface area contributed by atoms with Gasteiger partial charge in [0.2, 0.25) is 0 Å². The lowest BCUT2D eigenvalue weighted by molar-refractivity contribution is 0.200. The van der Waals surface area contributed by atoms with Gasteiger partial charge in [0.1, 0.15) is 0 Å². The van der Waals surface area contributed by atoms with Crippen LogP contribution in [0.15, 0.2) is 0 Å². The second-order valence-corrected chi connectivity index (χ2v) is 5.21. The Morgan fingerprint density at radius 3 is 2.50 bits per heavy atom. The minimum Gasteiger partial charge on any atom is -0.395 e. The molecule has 0 aliphatic heterocycles. The summed E-state index contributed by atoms with van der Waals surface area (Å²) in [7, 11) is 0. The van der Waals surface area contributed by atoms with E-state index in [2.05, 4.69) is 41.3 Å². The fraction of sp³-hybridized carbons (Fsp3) is 1.00. The summed E-state index contributed by atoms with van der Waals surface area (Å²) in [6.07, 6.45) is 2.53. The molecular formula is C9H20INO. The summed E-state index contributed by atoms with van der Waals surface area (Å²) < 4.78 is 0.774. The van der Waals surface area contributed by atoms with Crippen molar-refractivity contribution in [1.82, 2.24) is 4.90 Å². The zero-order chi connectivity index (χ0) is 9.40. The second-order valence-electron chi connectivity index (χ2n) is 3.08. The van der Waals surface area contributed by atoms with E-state index in [1.54, 1.807) is 0 Å². The van der Waals surface area contributed by atoms with Gasteiger partial charge < -0.3 is 10.0 Å². The van der Waals surface area contributed by atoms with Gasteiger partial charge in [0.05, 0.1) is 6.61 Å². The van der Waals surface area contributed by atoms with E-state index in [-0.39, 0.29) is 6.61 Å². The third-order valence-corrected chi connectivity index (χ3v) is 2.56. The molecule has 0 aliphatic rings. The van der Waals surface area contributed by atoms with Gasteiger partial charge in [0.15, 0.2) is 0 Å². The topological polar surface area (TPSA) is 23.5 Å². The van der Waals surface area contributed by atoms with Crippen LogP contribution in [0.4, 0.5) is 0 Å². The predicted octanol–water partition coefficient (Wildman–Crippen LogP) is 1.90. The van der Waals surface area contributed by atoms with Crippen LogP contribution in [0.25, 0.3) is 0 Å². The quantitative estimate of drug-likeness (QED) is 0.570. The monoisotopic (exact) mass is 285 g/mol. The van der Waals surface area contributed by atoms with E-state index in [1.807, 2.05) is 0 Å². The second kappa shape index (κ2) is 8.26. The van der Waals surface area contributed by atoms with Crippen LogP contribution in [0.3, 0.4) is 0 Å². The molecule has 0 aliphatic carbocycles. The first-order valence-corrected chi connectivity index (χ1v) is 5.92. The number of hydrogen-bond acceptors (Lipinski definition) is 2. The van der Waals surface area contributed by atoms with Crippen molar-refractivity contribution in [2.45, 2.75) is 30.6 Å². The summed E-state index contributed by atoms with van der Waals surface area (Å²) in [5.74, 6) is 0. The Balaban J connectivity index is 3.31. The molecular weight excluding hydrogens is 265 g/mol. The van der Waals surface area contributed by atoms with Crippen LogP contribution in [-0.2, 0) is 0 Å². The van der Waals surface area contributed by atoms with Gasteiger partial charge in [-0.05, 0) is 25.9 Å². The number of halogens is 1. The molecule has 0 aromatic heterocycles. The van der Waals surface area contributed by atoms with Crippen molar-refractivity contribution in [2.24, 2.45) is 0 Å². The Kier molecular flexibility index (Phi) is 8.70. The lowest BCUT2D eigenvalue weighted by Crippen LogP contribution is -2.27. The Morgan fingerprint density at radius 2 is 2.08 bits per heavy atom. The molecule has 0 amide bonds. The molecule has 0 rings (SSSR count). The maximum absolute atomic E-state index is 8.73. The molecule has 0 fully saturated rings. The van der Waals surface area contributed by atoms with E-state index in [0.717, 1.165) is 23.6 Å². The Morgan fingerprint density at radius 1 is 1.42 bits per heavy atom. The summed E-state index contributed by atoms with van der Waals surface area (Å²) in [6.45, 7) is 7.67. The van der Waals surface area contributed by atoms with Gasteiger partial charge in [0.25, 0.3) is 0 Å². The fourth-order valence-electron chi connectivity index (χ4n) is 1.17. The van der Waals surface area contributed by atoms with Crippen molar-refractivity contribution >= 4 is 22.6 Å². The summed E-state index contributed by atoms with van der Waals surface area (Å²) in [4.78, 5) is 2.29. The van der Waals surface area contributed by atoms with Crippen LogP contribution in [-0.4, -0.2) is 40.2 Å². The van der Waals surface area contributed by atoms with Crippen molar-refractivity contribution in [1.29, 1.82) is 0 Å².